The summed E-state index contributed by atoms with van der Waals surface area (Å²) in [5.41, 5.74) is 7.97. The molecule has 1 aromatic heterocycles. The second kappa shape index (κ2) is 15.4. The minimum absolute atomic E-state index is 0.0261. The van der Waals surface area contributed by atoms with E-state index in [1.165, 1.54) is 24.5 Å². The fraction of sp³-hybridized carbons (Fsp3) is 0.488. The molecule has 2 amide bonds. The van der Waals surface area contributed by atoms with Gasteiger partial charge in [0.05, 0.1) is 5.60 Å². The molecule has 3 fully saturated rings. The van der Waals surface area contributed by atoms with E-state index in [1.54, 1.807) is 0 Å². The third-order valence-electron chi connectivity index (χ3n) is 11.2. The van der Waals surface area contributed by atoms with Crippen molar-refractivity contribution in [1.82, 2.24) is 20.1 Å². The summed E-state index contributed by atoms with van der Waals surface area (Å²) in [6, 6.07) is 15.1. The van der Waals surface area contributed by atoms with Gasteiger partial charge in [0.1, 0.15) is 0 Å². The fourth-order valence-corrected chi connectivity index (χ4v) is 8.25. The average Bonchev–Trinajstić information content (AvgIpc) is 3.58. The molecule has 3 aromatic rings. The molecule has 0 aliphatic carbocycles. The van der Waals surface area contributed by atoms with Gasteiger partial charge in [-0.15, -0.1) is 0 Å². The van der Waals surface area contributed by atoms with E-state index in [1.807, 2.05) is 37.8 Å². The van der Waals surface area contributed by atoms with Crippen molar-refractivity contribution in [2.45, 2.75) is 91.0 Å². The van der Waals surface area contributed by atoms with Gasteiger partial charge in [0, 0.05) is 81.0 Å². The van der Waals surface area contributed by atoms with Crippen LogP contribution in [0, 0.1) is 20.8 Å². The smallest absolute Gasteiger partial charge is 0.253 e. The maximum atomic E-state index is 14.0. The van der Waals surface area contributed by atoms with Crippen molar-refractivity contribution in [3.05, 3.63) is 99.0 Å². The molecule has 9 heteroatoms. The first-order valence-electron chi connectivity index (χ1n) is 18.4. The second-order valence-electron chi connectivity index (χ2n) is 14.4. The Hall–Kier alpha value is -4.21. The molecule has 9 nitrogen and oxygen atoms in total. The van der Waals surface area contributed by atoms with Crippen molar-refractivity contribution >= 4 is 17.5 Å². The quantitative estimate of drug-likeness (QED) is 0.254. The Morgan fingerprint density at radius 1 is 1.02 bits per heavy atom. The van der Waals surface area contributed by atoms with Crippen molar-refractivity contribution in [3.8, 4) is 11.1 Å². The first kappa shape index (κ1) is 35.6. The largest absolute Gasteiger partial charge is 0.375 e. The highest BCUT2D eigenvalue weighted by molar-refractivity contribution is 5.99. The van der Waals surface area contributed by atoms with Crippen LogP contribution < -0.4 is 15.8 Å². The number of nitrogens with zero attached hydrogens (tertiary/aromatic N) is 3. The zero-order valence-corrected chi connectivity index (χ0v) is 30.3. The number of aromatic amines is 1. The van der Waals surface area contributed by atoms with Gasteiger partial charge >= 0.3 is 0 Å². The molecule has 0 bridgehead atoms. The first-order valence-corrected chi connectivity index (χ1v) is 18.4. The van der Waals surface area contributed by atoms with E-state index >= 15 is 0 Å². The summed E-state index contributed by atoms with van der Waals surface area (Å²) in [6.45, 7) is 17.8. The van der Waals surface area contributed by atoms with Crippen LogP contribution in [0.25, 0.3) is 11.1 Å². The zero-order chi connectivity index (χ0) is 35.4. The number of carbonyl (C=O) groups excluding carboxylic acids is 2. The number of H-pyrrole nitrogens is 1. The summed E-state index contributed by atoms with van der Waals surface area (Å²) in [5, 5.41) is 3.05. The van der Waals surface area contributed by atoms with Crippen molar-refractivity contribution in [2.75, 3.05) is 44.2 Å². The topological polar surface area (TPSA) is 98.0 Å². The van der Waals surface area contributed by atoms with Crippen LogP contribution in [0.3, 0.4) is 0 Å². The molecule has 0 radical (unpaired) electrons. The van der Waals surface area contributed by atoms with Crippen LogP contribution >= 0.6 is 0 Å². The Morgan fingerprint density at radius 2 is 1.74 bits per heavy atom. The Balaban J connectivity index is 1.26. The molecule has 3 aliphatic rings. The lowest BCUT2D eigenvalue weighted by Crippen LogP contribution is -2.46. The third kappa shape index (κ3) is 7.74. The highest BCUT2D eigenvalue weighted by Crippen LogP contribution is 2.37. The lowest BCUT2D eigenvalue weighted by atomic mass is 9.88. The van der Waals surface area contributed by atoms with Crippen molar-refractivity contribution < 1.29 is 14.3 Å². The van der Waals surface area contributed by atoms with E-state index < -0.39 is 0 Å². The number of benzene rings is 2. The van der Waals surface area contributed by atoms with Crippen LogP contribution in [0.5, 0.6) is 0 Å². The Bertz CT molecular complexity index is 1760. The van der Waals surface area contributed by atoms with E-state index in [9.17, 15) is 14.4 Å². The molecule has 2 N–H and O–H groups in total. The molecule has 0 saturated carbocycles. The number of amides is 2. The van der Waals surface area contributed by atoms with E-state index in [-0.39, 0.29) is 35.6 Å². The Morgan fingerprint density at radius 3 is 2.36 bits per heavy atom. The number of carbonyl (C=O) groups is 2. The summed E-state index contributed by atoms with van der Waals surface area (Å²) >= 11 is 0. The molecule has 50 heavy (non-hydrogen) atoms. The molecule has 0 unspecified atom stereocenters. The molecule has 266 valence electrons. The monoisotopic (exact) mass is 679 g/mol. The lowest BCUT2D eigenvalue weighted by Gasteiger charge is -2.40. The Kier molecular flexibility index (Phi) is 10.9. The molecule has 4 heterocycles. The van der Waals surface area contributed by atoms with Crippen LogP contribution in [0.1, 0.15) is 83.8 Å². The molecule has 3 saturated heterocycles. The number of aromatic nitrogens is 1. The summed E-state index contributed by atoms with van der Waals surface area (Å²) in [4.78, 5) is 48.6. The molecular weight excluding hydrogens is 626 g/mol. The highest BCUT2D eigenvalue weighted by atomic mass is 16.5. The van der Waals surface area contributed by atoms with Gasteiger partial charge < -0.3 is 24.8 Å². The van der Waals surface area contributed by atoms with Gasteiger partial charge in [-0.05, 0) is 118 Å². The zero-order valence-electron chi connectivity index (χ0n) is 30.3. The summed E-state index contributed by atoms with van der Waals surface area (Å²) in [7, 11) is 0. The van der Waals surface area contributed by atoms with Crippen LogP contribution in [0.15, 0.2) is 59.9 Å². The number of hydrogen-bond donors (Lipinski definition) is 2. The molecule has 6 rings (SSSR count). The van der Waals surface area contributed by atoms with Crippen LogP contribution in [0.2, 0.25) is 0 Å². The summed E-state index contributed by atoms with van der Waals surface area (Å²) < 4.78 is 6.13. The fourth-order valence-electron chi connectivity index (χ4n) is 8.25. The summed E-state index contributed by atoms with van der Waals surface area (Å²) in [5.74, 6) is -0.236. The standard InChI is InChI=1S/C41H53N5O4/c1-6-38(47)45-18-13-34(14-19-45)46(7-2)37-25-33(24-35(30(37)5)39(48)42-26-36-28(3)23-29(4)43-40(36)49)32-11-9-31(10-12-32)27-44-20-16-41(17-21-44)15-8-22-50-41/h6,9-12,23-25,34H,1,7-8,13-22,26-27H2,2-5H3,(H,42,48)(H,43,49). The van der Waals surface area contributed by atoms with Crippen LogP contribution in [-0.4, -0.2) is 77.6 Å². The minimum Gasteiger partial charge on any atom is -0.375 e. The number of nitrogens with one attached hydrogen (secondary N) is 2. The number of likely N-dealkylation sites (tertiary alicyclic amines) is 2. The van der Waals surface area contributed by atoms with Gasteiger partial charge in [0.25, 0.3) is 11.5 Å². The molecular formula is C41H53N5O4. The number of aryl methyl sites for hydroxylation is 2. The van der Waals surface area contributed by atoms with E-state index in [2.05, 4.69) is 63.9 Å². The van der Waals surface area contributed by atoms with Gasteiger partial charge in [0.15, 0.2) is 0 Å². The third-order valence-corrected chi connectivity index (χ3v) is 11.2. The predicted octanol–water partition coefficient (Wildman–Crippen LogP) is 6.05. The van der Waals surface area contributed by atoms with E-state index in [0.717, 1.165) is 92.1 Å². The van der Waals surface area contributed by atoms with Gasteiger partial charge in [-0.1, -0.05) is 30.8 Å². The number of rotatable bonds is 10. The lowest BCUT2D eigenvalue weighted by molar-refractivity contribution is -0.127. The molecule has 2 aromatic carbocycles. The Labute approximate surface area is 296 Å². The van der Waals surface area contributed by atoms with Crippen LogP contribution in [-0.2, 0) is 22.6 Å². The maximum Gasteiger partial charge on any atom is 0.253 e. The van der Waals surface area contributed by atoms with Gasteiger partial charge in [-0.2, -0.15) is 0 Å². The number of ether oxygens (including phenoxy) is 1. The van der Waals surface area contributed by atoms with E-state index in [4.69, 9.17) is 4.74 Å². The number of anilines is 1. The van der Waals surface area contributed by atoms with Gasteiger partial charge in [0.2, 0.25) is 5.91 Å². The predicted molar refractivity (Wildman–Crippen MR) is 200 cm³/mol. The molecule has 0 atom stereocenters. The van der Waals surface area contributed by atoms with Crippen molar-refractivity contribution in [1.29, 1.82) is 0 Å². The maximum absolute atomic E-state index is 14.0. The van der Waals surface area contributed by atoms with E-state index in [0.29, 0.717) is 24.2 Å². The second-order valence-corrected chi connectivity index (χ2v) is 14.4. The number of piperidine rings is 2. The normalized spacial score (nSPS) is 18.0. The first-order chi connectivity index (χ1) is 24.1. The number of hydrogen-bond acceptors (Lipinski definition) is 6. The van der Waals surface area contributed by atoms with Gasteiger partial charge in [-0.3, -0.25) is 19.3 Å². The van der Waals surface area contributed by atoms with Crippen molar-refractivity contribution in [3.63, 3.8) is 0 Å². The average molecular weight is 680 g/mol. The van der Waals surface area contributed by atoms with Gasteiger partial charge in [-0.25, -0.2) is 0 Å². The molecule has 1 spiro atoms. The molecule has 3 aliphatic heterocycles. The summed E-state index contributed by atoms with van der Waals surface area (Å²) in [6.07, 6.45) is 7.67. The highest BCUT2D eigenvalue weighted by Gasteiger charge is 2.38. The SMILES string of the molecule is C=CC(=O)N1CCC(N(CC)c2cc(-c3ccc(CN4CCC5(CCCO5)CC4)cc3)cc(C(=O)NCc3c(C)cc(C)[nH]c3=O)c2C)CC1. The number of pyridine rings is 1. The minimum atomic E-state index is -0.210. The van der Waals surface area contributed by atoms with Crippen molar-refractivity contribution in [2.24, 2.45) is 0 Å². The van der Waals surface area contributed by atoms with Crippen LogP contribution in [0.4, 0.5) is 5.69 Å².